The summed E-state index contributed by atoms with van der Waals surface area (Å²) in [6.45, 7) is 0. The van der Waals surface area contributed by atoms with Crippen LogP contribution in [0.15, 0.2) is 0 Å². The van der Waals surface area contributed by atoms with E-state index < -0.39 is 21.8 Å². The first-order chi connectivity index (χ1) is 5.91. The van der Waals surface area contributed by atoms with Crippen molar-refractivity contribution in [3.8, 4) is 0 Å². The molecule has 0 bridgehead atoms. The van der Waals surface area contributed by atoms with E-state index in [2.05, 4.69) is 0 Å². The first-order valence-corrected chi connectivity index (χ1v) is 5.98. The molecule has 0 saturated heterocycles. The van der Waals surface area contributed by atoms with E-state index in [0.29, 0.717) is 0 Å². The molecule has 1 saturated carbocycles. The Hall–Kier alpha value is -0.620. The highest BCUT2D eigenvalue weighted by Crippen LogP contribution is 2.30. The van der Waals surface area contributed by atoms with Gasteiger partial charge in [0.1, 0.15) is 0 Å². The van der Waals surface area contributed by atoms with E-state index in [1.54, 1.807) is 0 Å². The van der Waals surface area contributed by atoms with Gasteiger partial charge in [0.15, 0.2) is 9.84 Å². The zero-order chi connectivity index (χ0) is 10.1. The smallest absolute Gasteiger partial charge is 0.235 e. The van der Waals surface area contributed by atoms with E-state index in [9.17, 15) is 13.2 Å². The van der Waals surface area contributed by atoms with E-state index in [4.69, 9.17) is 11.5 Å². The average molecular weight is 206 g/mol. The van der Waals surface area contributed by atoms with Crippen LogP contribution in [0, 0.1) is 5.92 Å². The van der Waals surface area contributed by atoms with Crippen molar-refractivity contribution in [3.63, 3.8) is 0 Å². The van der Waals surface area contributed by atoms with Crippen LogP contribution >= 0.6 is 0 Å². The van der Waals surface area contributed by atoms with E-state index >= 15 is 0 Å². The Morgan fingerprint density at radius 2 is 2.00 bits per heavy atom. The molecule has 0 aromatic heterocycles. The van der Waals surface area contributed by atoms with Gasteiger partial charge < -0.3 is 11.5 Å². The summed E-state index contributed by atoms with van der Waals surface area (Å²) < 4.78 is 22.6. The van der Waals surface area contributed by atoms with E-state index in [1.807, 2.05) is 0 Å². The van der Waals surface area contributed by atoms with Gasteiger partial charge in [0.2, 0.25) is 5.91 Å². The zero-order valence-electron chi connectivity index (χ0n) is 7.27. The van der Waals surface area contributed by atoms with Gasteiger partial charge in [-0.05, 0) is 18.8 Å². The molecule has 1 fully saturated rings. The molecule has 76 valence electrons. The zero-order valence-corrected chi connectivity index (χ0v) is 8.09. The second-order valence-corrected chi connectivity index (χ2v) is 5.68. The number of amides is 1. The average Bonchev–Trinajstić information content (AvgIpc) is 2.69. The summed E-state index contributed by atoms with van der Waals surface area (Å²) in [5.41, 5.74) is 10.1. The molecule has 1 rings (SSSR count). The third-order valence-electron chi connectivity index (χ3n) is 1.99. The van der Waals surface area contributed by atoms with Crippen molar-refractivity contribution in [1.82, 2.24) is 0 Å². The van der Waals surface area contributed by atoms with Crippen molar-refractivity contribution in [1.29, 1.82) is 0 Å². The summed E-state index contributed by atoms with van der Waals surface area (Å²) in [7, 11) is -3.19. The molecule has 0 aromatic rings. The molecule has 1 amide bonds. The molecule has 0 aliphatic heterocycles. The maximum atomic E-state index is 11.3. The molecule has 4 N–H and O–H groups in total. The predicted molar refractivity (Wildman–Crippen MR) is 48.5 cm³/mol. The Balaban J connectivity index is 2.45. The Kier molecular flexibility index (Phi) is 2.92. The van der Waals surface area contributed by atoms with Crippen LogP contribution in [0.2, 0.25) is 0 Å². The van der Waals surface area contributed by atoms with Crippen molar-refractivity contribution in [2.24, 2.45) is 17.4 Å². The Morgan fingerprint density at radius 3 is 2.38 bits per heavy atom. The van der Waals surface area contributed by atoms with Gasteiger partial charge in [0, 0.05) is 0 Å². The minimum absolute atomic E-state index is 0.147. The van der Waals surface area contributed by atoms with Crippen LogP contribution in [0.1, 0.15) is 12.8 Å². The van der Waals surface area contributed by atoms with Gasteiger partial charge in [-0.2, -0.15) is 0 Å². The lowest BCUT2D eigenvalue weighted by Gasteiger charge is -2.07. The summed E-state index contributed by atoms with van der Waals surface area (Å²) in [6.07, 6.45) is 1.93. The molecule has 0 heterocycles. The molecule has 1 aliphatic rings. The number of nitrogens with two attached hydrogens (primary N) is 2. The Bertz CT molecular complexity index is 295. The van der Waals surface area contributed by atoms with Gasteiger partial charge in [0.05, 0.1) is 17.5 Å². The number of sulfone groups is 1. The highest BCUT2D eigenvalue weighted by molar-refractivity contribution is 7.91. The van der Waals surface area contributed by atoms with Crippen molar-refractivity contribution < 1.29 is 13.2 Å². The molecule has 0 unspecified atom stereocenters. The highest BCUT2D eigenvalue weighted by atomic mass is 32.2. The van der Waals surface area contributed by atoms with E-state index in [0.717, 1.165) is 12.8 Å². The Labute approximate surface area is 77.4 Å². The molecule has 13 heavy (non-hydrogen) atoms. The molecule has 1 aliphatic carbocycles. The third kappa shape index (κ3) is 3.73. The molecule has 6 heteroatoms. The van der Waals surface area contributed by atoms with Crippen LogP contribution < -0.4 is 11.5 Å². The van der Waals surface area contributed by atoms with Gasteiger partial charge in [-0.25, -0.2) is 8.42 Å². The number of primary amides is 1. The van der Waals surface area contributed by atoms with Gasteiger partial charge >= 0.3 is 0 Å². The second-order valence-electron chi connectivity index (χ2n) is 3.53. The summed E-state index contributed by atoms with van der Waals surface area (Å²) in [5, 5.41) is 0. The molecule has 5 nitrogen and oxygen atoms in total. The van der Waals surface area contributed by atoms with Crippen LogP contribution in [0.5, 0.6) is 0 Å². The van der Waals surface area contributed by atoms with Crippen molar-refractivity contribution in [2.75, 3.05) is 11.5 Å². The molecular weight excluding hydrogens is 192 g/mol. The van der Waals surface area contributed by atoms with Gasteiger partial charge in [-0.1, -0.05) is 0 Å². The van der Waals surface area contributed by atoms with Crippen LogP contribution in [0.25, 0.3) is 0 Å². The molecule has 0 radical (unpaired) electrons. The van der Waals surface area contributed by atoms with Gasteiger partial charge in [-0.3, -0.25) is 4.79 Å². The van der Waals surface area contributed by atoms with Crippen LogP contribution in [-0.2, 0) is 14.6 Å². The fourth-order valence-corrected chi connectivity index (χ4v) is 2.97. The van der Waals surface area contributed by atoms with Gasteiger partial charge in [-0.15, -0.1) is 0 Å². The first kappa shape index (κ1) is 10.5. The summed E-state index contributed by atoms with van der Waals surface area (Å²) in [6, 6.07) is -1.07. The van der Waals surface area contributed by atoms with E-state index in [-0.39, 0.29) is 17.4 Å². The number of hydrogen-bond acceptors (Lipinski definition) is 4. The van der Waals surface area contributed by atoms with Crippen molar-refractivity contribution >= 4 is 15.7 Å². The molecule has 0 spiro atoms. The quantitative estimate of drug-likeness (QED) is 0.578. The van der Waals surface area contributed by atoms with Crippen LogP contribution in [0.4, 0.5) is 0 Å². The monoisotopic (exact) mass is 206 g/mol. The number of rotatable bonds is 5. The maximum absolute atomic E-state index is 11.3. The minimum atomic E-state index is -3.19. The lowest BCUT2D eigenvalue weighted by molar-refractivity contribution is -0.118. The third-order valence-corrected chi connectivity index (χ3v) is 3.83. The van der Waals surface area contributed by atoms with Crippen molar-refractivity contribution in [2.45, 2.75) is 18.9 Å². The summed E-state index contributed by atoms with van der Waals surface area (Å²) in [5.74, 6) is -0.656. The summed E-state index contributed by atoms with van der Waals surface area (Å²) in [4.78, 5) is 10.5. The minimum Gasteiger partial charge on any atom is -0.368 e. The number of carbonyl (C=O) groups is 1. The van der Waals surface area contributed by atoms with Crippen LogP contribution in [-0.4, -0.2) is 31.9 Å². The Morgan fingerprint density at radius 1 is 1.46 bits per heavy atom. The second kappa shape index (κ2) is 3.63. The normalized spacial score (nSPS) is 19.8. The van der Waals surface area contributed by atoms with Crippen LogP contribution in [0.3, 0.4) is 0 Å². The van der Waals surface area contributed by atoms with E-state index in [1.165, 1.54) is 0 Å². The van der Waals surface area contributed by atoms with Gasteiger partial charge in [0.25, 0.3) is 0 Å². The topological polar surface area (TPSA) is 103 Å². The molecular formula is C7H14N2O3S. The lowest BCUT2D eigenvalue weighted by Crippen LogP contribution is -2.42. The number of hydrogen-bond donors (Lipinski definition) is 2. The lowest BCUT2D eigenvalue weighted by atomic mass is 10.3. The first-order valence-electron chi connectivity index (χ1n) is 4.16. The molecule has 0 aromatic carbocycles. The predicted octanol–water partition coefficient (Wildman–Crippen LogP) is -1.38. The standard InChI is InChI=1S/C7H14N2O3S/c8-6(7(9)10)4-13(11,12)3-5-1-2-5/h5-6H,1-4,8H2,(H2,9,10)/t6-/m0/s1. The largest absolute Gasteiger partial charge is 0.368 e. The SMILES string of the molecule is NC(=O)[C@@H](N)CS(=O)(=O)CC1CC1. The fraction of sp³-hybridized carbons (Fsp3) is 0.857. The summed E-state index contributed by atoms with van der Waals surface area (Å²) >= 11 is 0. The number of carbonyl (C=O) groups excluding carboxylic acids is 1. The fourth-order valence-electron chi connectivity index (χ4n) is 1.07. The van der Waals surface area contributed by atoms with Crippen molar-refractivity contribution in [3.05, 3.63) is 0 Å². The molecule has 1 atom stereocenters. The highest BCUT2D eigenvalue weighted by Gasteiger charge is 2.29. The maximum Gasteiger partial charge on any atom is 0.235 e.